The standard InChI is InChI=1S/C33H30BN3O2/c1-32(2)33(3,4)39-34(38-32)28-20-18-25(19-21-28)30-35-29(24-14-9-6-10-15-24)36-31(37-30)27-17-11-16-26(22-27)23-12-7-5-8-13-23/h5-22H,1-4H3. The predicted octanol–water partition coefficient (Wildman–Crippen LogP) is 6.84. The van der Waals surface area contributed by atoms with Gasteiger partial charge in [0.1, 0.15) is 0 Å². The lowest BCUT2D eigenvalue weighted by molar-refractivity contribution is 0.00578. The van der Waals surface area contributed by atoms with E-state index < -0.39 is 18.3 Å². The highest BCUT2D eigenvalue weighted by molar-refractivity contribution is 6.62. The van der Waals surface area contributed by atoms with Crippen molar-refractivity contribution >= 4 is 12.6 Å². The topological polar surface area (TPSA) is 57.1 Å². The Morgan fingerprint density at radius 3 is 1.46 bits per heavy atom. The van der Waals surface area contributed by atoms with Gasteiger partial charge in [-0.05, 0) is 50.4 Å². The zero-order chi connectivity index (χ0) is 27.0. The molecule has 1 aliphatic rings. The molecule has 5 nitrogen and oxygen atoms in total. The molecule has 0 radical (unpaired) electrons. The van der Waals surface area contributed by atoms with E-state index in [1.54, 1.807) is 0 Å². The zero-order valence-corrected chi connectivity index (χ0v) is 22.6. The normalized spacial score (nSPS) is 15.8. The van der Waals surface area contributed by atoms with Crippen LogP contribution in [-0.4, -0.2) is 33.3 Å². The van der Waals surface area contributed by atoms with E-state index in [0.29, 0.717) is 17.5 Å². The lowest BCUT2D eigenvalue weighted by Gasteiger charge is -2.32. The summed E-state index contributed by atoms with van der Waals surface area (Å²) in [5.74, 6) is 1.88. The van der Waals surface area contributed by atoms with E-state index in [0.717, 1.165) is 33.3 Å². The van der Waals surface area contributed by atoms with Gasteiger partial charge in [0.2, 0.25) is 0 Å². The van der Waals surface area contributed by atoms with Crippen LogP contribution in [0.4, 0.5) is 0 Å². The van der Waals surface area contributed by atoms with Crippen LogP contribution in [0.15, 0.2) is 109 Å². The number of hydrogen-bond acceptors (Lipinski definition) is 5. The molecule has 4 aromatic carbocycles. The SMILES string of the molecule is CC1(C)OB(c2ccc(-c3nc(-c4ccccc4)nc(-c4cccc(-c5ccccc5)c4)n3)cc2)OC1(C)C. The molecule has 39 heavy (non-hydrogen) atoms. The molecule has 0 amide bonds. The maximum atomic E-state index is 6.23. The van der Waals surface area contributed by atoms with Crippen LogP contribution in [0.1, 0.15) is 27.7 Å². The fourth-order valence-electron chi connectivity index (χ4n) is 4.59. The molecule has 6 rings (SSSR count). The summed E-state index contributed by atoms with van der Waals surface area (Å²) >= 11 is 0. The van der Waals surface area contributed by atoms with E-state index in [1.807, 2.05) is 84.9 Å². The highest BCUT2D eigenvalue weighted by Crippen LogP contribution is 2.36. The molecule has 0 atom stereocenters. The van der Waals surface area contributed by atoms with Crippen LogP contribution >= 0.6 is 0 Å². The molecule has 0 aliphatic carbocycles. The molecule has 0 bridgehead atoms. The molecule has 1 aliphatic heterocycles. The van der Waals surface area contributed by atoms with Gasteiger partial charge < -0.3 is 9.31 Å². The van der Waals surface area contributed by atoms with Crippen LogP contribution in [-0.2, 0) is 9.31 Å². The first-order chi connectivity index (χ1) is 18.8. The third-order valence-corrected chi connectivity index (χ3v) is 7.59. The van der Waals surface area contributed by atoms with Crippen molar-refractivity contribution in [1.29, 1.82) is 0 Å². The summed E-state index contributed by atoms with van der Waals surface area (Å²) in [6, 6.07) is 36.8. The van der Waals surface area contributed by atoms with E-state index in [-0.39, 0.29) is 0 Å². The Labute approximate surface area is 230 Å². The van der Waals surface area contributed by atoms with Crippen LogP contribution in [0.5, 0.6) is 0 Å². The van der Waals surface area contributed by atoms with Gasteiger partial charge in [-0.15, -0.1) is 0 Å². The minimum atomic E-state index is -0.418. The summed E-state index contributed by atoms with van der Waals surface area (Å²) in [7, 11) is -0.418. The number of benzene rings is 4. The van der Waals surface area contributed by atoms with E-state index in [9.17, 15) is 0 Å². The van der Waals surface area contributed by atoms with Gasteiger partial charge in [-0.3, -0.25) is 0 Å². The molecule has 1 aromatic heterocycles. The average Bonchev–Trinajstić information content (AvgIpc) is 3.20. The van der Waals surface area contributed by atoms with Gasteiger partial charge in [0.15, 0.2) is 17.5 Å². The third-order valence-electron chi connectivity index (χ3n) is 7.59. The number of nitrogens with zero attached hydrogens (tertiary/aromatic N) is 3. The lowest BCUT2D eigenvalue weighted by atomic mass is 9.79. The summed E-state index contributed by atoms with van der Waals surface area (Å²) in [4.78, 5) is 14.7. The molecule has 0 spiro atoms. The molecular weight excluding hydrogens is 481 g/mol. The van der Waals surface area contributed by atoms with E-state index in [4.69, 9.17) is 24.3 Å². The van der Waals surface area contributed by atoms with Crippen LogP contribution in [0.25, 0.3) is 45.3 Å². The van der Waals surface area contributed by atoms with Crippen LogP contribution < -0.4 is 5.46 Å². The van der Waals surface area contributed by atoms with Crippen molar-refractivity contribution in [1.82, 2.24) is 15.0 Å². The fourth-order valence-corrected chi connectivity index (χ4v) is 4.59. The molecule has 6 heteroatoms. The quantitative estimate of drug-likeness (QED) is 0.242. The first-order valence-corrected chi connectivity index (χ1v) is 13.2. The smallest absolute Gasteiger partial charge is 0.399 e. The summed E-state index contributed by atoms with van der Waals surface area (Å²) in [6.45, 7) is 8.24. The van der Waals surface area contributed by atoms with Crippen molar-refractivity contribution in [2.75, 3.05) is 0 Å². The van der Waals surface area contributed by atoms with Crippen LogP contribution in [0.3, 0.4) is 0 Å². The van der Waals surface area contributed by atoms with E-state index in [2.05, 4.69) is 52.0 Å². The second kappa shape index (κ2) is 9.88. The Bertz CT molecular complexity index is 1590. The van der Waals surface area contributed by atoms with Crippen molar-refractivity contribution in [3.05, 3.63) is 109 Å². The Hall–Kier alpha value is -4.13. The Morgan fingerprint density at radius 2 is 0.897 bits per heavy atom. The van der Waals surface area contributed by atoms with E-state index >= 15 is 0 Å². The fraction of sp³-hybridized carbons (Fsp3) is 0.182. The van der Waals surface area contributed by atoms with Gasteiger partial charge in [-0.1, -0.05) is 103 Å². The maximum Gasteiger partial charge on any atom is 0.494 e. The lowest BCUT2D eigenvalue weighted by Crippen LogP contribution is -2.41. The minimum Gasteiger partial charge on any atom is -0.399 e. The van der Waals surface area contributed by atoms with Crippen LogP contribution in [0, 0.1) is 0 Å². The molecule has 1 saturated heterocycles. The van der Waals surface area contributed by atoms with Gasteiger partial charge in [0, 0.05) is 16.7 Å². The predicted molar refractivity (Wildman–Crippen MR) is 157 cm³/mol. The Balaban J connectivity index is 1.39. The van der Waals surface area contributed by atoms with Gasteiger partial charge in [0.25, 0.3) is 0 Å². The van der Waals surface area contributed by atoms with Gasteiger partial charge in [-0.2, -0.15) is 0 Å². The molecule has 0 saturated carbocycles. The van der Waals surface area contributed by atoms with Gasteiger partial charge in [-0.25, -0.2) is 15.0 Å². The largest absolute Gasteiger partial charge is 0.494 e. The minimum absolute atomic E-state index is 0.391. The summed E-state index contributed by atoms with van der Waals surface area (Å²) in [5.41, 5.74) is 5.22. The molecule has 1 fully saturated rings. The number of rotatable bonds is 5. The zero-order valence-electron chi connectivity index (χ0n) is 22.6. The van der Waals surface area contributed by atoms with Crippen molar-refractivity contribution in [3.8, 4) is 45.3 Å². The molecule has 0 N–H and O–H groups in total. The number of aromatic nitrogens is 3. The molecule has 2 heterocycles. The summed E-state index contributed by atoms with van der Waals surface area (Å²) in [6.07, 6.45) is 0. The molecule has 192 valence electrons. The van der Waals surface area contributed by atoms with Gasteiger partial charge >= 0.3 is 7.12 Å². The van der Waals surface area contributed by atoms with Gasteiger partial charge in [0.05, 0.1) is 11.2 Å². The maximum absolute atomic E-state index is 6.23. The first-order valence-electron chi connectivity index (χ1n) is 13.2. The van der Waals surface area contributed by atoms with Crippen molar-refractivity contribution < 1.29 is 9.31 Å². The highest BCUT2D eigenvalue weighted by Gasteiger charge is 2.51. The Morgan fingerprint density at radius 1 is 0.462 bits per heavy atom. The van der Waals surface area contributed by atoms with Crippen molar-refractivity contribution in [2.24, 2.45) is 0 Å². The second-order valence-electron chi connectivity index (χ2n) is 10.8. The monoisotopic (exact) mass is 511 g/mol. The first kappa shape index (κ1) is 25.2. The van der Waals surface area contributed by atoms with Crippen molar-refractivity contribution in [3.63, 3.8) is 0 Å². The van der Waals surface area contributed by atoms with Crippen molar-refractivity contribution in [2.45, 2.75) is 38.9 Å². The molecule has 0 unspecified atom stereocenters. The van der Waals surface area contributed by atoms with Crippen LogP contribution in [0.2, 0.25) is 0 Å². The molecular formula is C33H30BN3O2. The molecule has 5 aromatic rings. The summed E-state index contributed by atoms with van der Waals surface area (Å²) < 4.78 is 12.5. The Kier molecular flexibility index (Phi) is 6.38. The number of hydrogen-bond donors (Lipinski definition) is 0. The van der Waals surface area contributed by atoms with E-state index in [1.165, 1.54) is 0 Å². The highest BCUT2D eigenvalue weighted by atomic mass is 16.7. The summed E-state index contributed by atoms with van der Waals surface area (Å²) in [5, 5.41) is 0. The average molecular weight is 511 g/mol. The second-order valence-corrected chi connectivity index (χ2v) is 10.8. The third kappa shape index (κ3) is 5.01.